The van der Waals surface area contributed by atoms with Crippen molar-refractivity contribution in [3.8, 4) is 0 Å². The zero-order valence-electron chi connectivity index (χ0n) is 6.99. The first-order valence-corrected chi connectivity index (χ1v) is 4.37. The Morgan fingerprint density at radius 2 is 2.33 bits per heavy atom. The van der Waals surface area contributed by atoms with E-state index in [1.54, 1.807) is 4.90 Å². The quantitative estimate of drug-likeness (QED) is 0.526. The zero-order valence-corrected chi connectivity index (χ0v) is 6.99. The fraction of sp³-hybridized carbons (Fsp3) is 0.875. The molecule has 3 N–H and O–H groups in total. The van der Waals surface area contributed by atoms with Gasteiger partial charge in [-0.3, -0.25) is 4.79 Å². The summed E-state index contributed by atoms with van der Waals surface area (Å²) in [4.78, 5) is 13.0. The molecule has 1 unspecified atom stereocenters. The normalized spacial score (nSPS) is 32.7. The van der Waals surface area contributed by atoms with Gasteiger partial charge in [0.15, 0.2) is 0 Å². The number of hydrogen-bond acceptors (Lipinski definition) is 3. The molecule has 1 saturated carbocycles. The molecule has 2 fully saturated rings. The zero-order chi connectivity index (χ0) is 8.77. The summed E-state index contributed by atoms with van der Waals surface area (Å²) in [6.45, 7) is 0.713. The number of amides is 1. The van der Waals surface area contributed by atoms with Gasteiger partial charge < -0.3 is 15.7 Å². The van der Waals surface area contributed by atoms with E-state index in [1.807, 2.05) is 0 Å². The molecule has 4 heteroatoms. The van der Waals surface area contributed by atoms with Crippen LogP contribution in [0.3, 0.4) is 0 Å². The molecule has 1 atom stereocenters. The molecule has 0 aromatic carbocycles. The lowest BCUT2D eigenvalue weighted by atomic mass is 9.74. The molecular formula is C8H14N2O2. The number of rotatable bonds is 2. The maximum absolute atomic E-state index is 11.2. The van der Waals surface area contributed by atoms with Gasteiger partial charge in [0.1, 0.15) is 6.04 Å². The van der Waals surface area contributed by atoms with Gasteiger partial charge in [0.2, 0.25) is 5.91 Å². The van der Waals surface area contributed by atoms with E-state index in [1.165, 1.54) is 0 Å². The van der Waals surface area contributed by atoms with Gasteiger partial charge in [-0.05, 0) is 19.3 Å². The maximum Gasteiger partial charge on any atom is 0.241 e. The first-order chi connectivity index (χ1) is 5.69. The van der Waals surface area contributed by atoms with E-state index in [9.17, 15) is 4.79 Å². The SMILES string of the molecule is NC1CN(C2(CO)CCC2)C1=O. The summed E-state index contributed by atoms with van der Waals surface area (Å²) in [5.41, 5.74) is 5.24. The molecule has 2 aliphatic rings. The van der Waals surface area contributed by atoms with Gasteiger partial charge in [-0.25, -0.2) is 0 Å². The van der Waals surface area contributed by atoms with Gasteiger partial charge >= 0.3 is 0 Å². The lowest BCUT2D eigenvalue weighted by Gasteiger charge is -2.54. The van der Waals surface area contributed by atoms with Crippen LogP contribution in [0, 0.1) is 0 Å². The lowest BCUT2D eigenvalue weighted by molar-refractivity contribution is -0.160. The van der Waals surface area contributed by atoms with Crippen LogP contribution in [-0.4, -0.2) is 40.6 Å². The van der Waals surface area contributed by atoms with Crippen molar-refractivity contribution in [3.05, 3.63) is 0 Å². The van der Waals surface area contributed by atoms with Gasteiger partial charge in [-0.1, -0.05) is 0 Å². The molecule has 1 aliphatic carbocycles. The van der Waals surface area contributed by atoms with E-state index in [0.717, 1.165) is 19.3 Å². The second-order valence-corrected chi connectivity index (χ2v) is 3.79. The molecule has 0 spiro atoms. The number of nitrogens with zero attached hydrogens (tertiary/aromatic N) is 1. The lowest BCUT2D eigenvalue weighted by Crippen LogP contribution is -2.72. The van der Waals surface area contributed by atoms with Crippen molar-refractivity contribution in [3.63, 3.8) is 0 Å². The first-order valence-electron chi connectivity index (χ1n) is 4.37. The monoisotopic (exact) mass is 170 g/mol. The number of hydrogen-bond donors (Lipinski definition) is 2. The molecule has 4 nitrogen and oxygen atoms in total. The Bertz CT molecular complexity index is 208. The van der Waals surface area contributed by atoms with Crippen LogP contribution in [-0.2, 0) is 4.79 Å². The molecule has 0 aromatic rings. The van der Waals surface area contributed by atoms with Gasteiger partial charge in [0, 0.05) is 6.54 Å². The van der Waals surface area contributed by atoms with Gasteiger partial charge in [-0.15, -0.1) is 0 Å². The van der Waals surface area contributed by atoms with Crippen LogP contribution >= 0.6 is 0 Å². The molecule has 0 aromatic heterocycles. The molecule has 1 aliphatic heterocycles. The second kappa shape index (κ2) is 2.44. The minimum absolute atomic E-state index is 0.00347. The van der Waals surface area contributed by atoms with Crippen molar-refractivity contribution in [1.29, 1.82) is 0 Å². The summed E-state index contributed by atoms with van der Waals surface area (Å²) >= 11 is 0. The highest BCUT2D eigenvalue weighted by atomic mass is 16.3. The van der Waals surface area contributed by atoms with Gasteiger partial charge in [0.25, 0.3) is 0 Å². The fourth-order valence-corrected chi connectivity index (χ4v) is 1.98. The predicted molar refractivity (Wildman–Crippen MR) is 43.4 cm³/mol. The Morgan fingerprint density at radius 1 is 1.67 bits per heavy atom. The second-order valence-electron chi connectivity index (χ2n) is 3.79. The van der Waals surface area contributed by atoms with E-state index in [2.05, 4.69) is 0 Å². The first kappa shape index (κ1) is 8.01. The third-order valence-corrected chi connectivity index (χ3v) is 3.11. The third-order valence-electron chi connectivity index (χ3n) is 3.11. The minimum Gasteiger partial charge on any atom is -0.394 e. The van der Waals surface area contributed by atoms with Gasteiger partial charge in [-0.2, -0.15) is 0 Å². The molecule has 1 saturated heterocycles. The highest BCUT2D eigenvalue weighted by Crippen LogP contribution is 2.39. The average molecular weight is 170 g/mol. The number of β-lactam (4-membered cyclic amide) rings is 1. The molecule has 12 heavy (non-hydrogen) atoms. The van der Waals surface area contributed by atoms with Crippen LogP contribution in [0.4, 0.5) is 0 Å². The highest BCUT2D eigenvalue weighted by molar-refractivity contribution is 5.88. The Labute approximate surface area is 71.3 Å². The highest BCUT2D eigenvalue weighted by Gasteiger charge is 2.50. The number of nitrogens with two attached hydrogens (primary N) is 1. The molecule has 2 rings (SSSR count). The molecule has 0 bridgehead atoms. The summed E-state index contributed by atoms with van der Waals surface area (Å²) in [7, 11) is 0. The Balaban J connectivity index is 2.04. The number of aliphatic hydroxyl groups excluding tert-OH is 1. The smallest absolute Gasteiger partial charge is 0.241 e. The molecule has 1 heterocycles. The van der Waals surface area contributed by atoms with Crippen molar-refractivity contribution in [2.24, 2.45) is 5.73 Å². The van der Waals surface area contributed by atoms with Crippen molar-refractivity contribution >= 4 is 5.91 Å². The predicted octanol–water partition coefficient (Wildman–Crippen LogP) is -0.929. The van der Waals surface area contributed by atoms with Crippen LogP contribution in [0.25, 0.3) is 0 Å². The summed E-state index contributed by atoms with van der Waals surface area (Å²) < 4.78 is 0. The summed E-state index contributed by atoms with van der Waals surface area (Å²) in [6, 6.07) is -0.311. The maximum atomic E-state index is 11.2. The number of carbonyl (C=O) groups excluding carboxylic acids is 1. The van der Waals surface area contributed by atoms with Crippen molar-refractivity contribution in [2.75, 3.05) is 13.2 Å². The standard InChI is InChI=1S/C8H14N2O2/c9-6-4-10(7(6)12)8(5-11)2-1-3-8/h6,11H,1-5,9H2. The van der Waals surface area contributed by atoms with Gasteiger partial charge in [0.05, 0.1) is 12.1 Å². The number of carbonyl (C=O) groups is 1. The average Bonchev–Trinajstić information content (AvgIpc) is 2.02. The van der Waals surface area contributed by atoms with Crippen LogP contribution in [0.15, 0.2) is 0 Å². The summed E-state index contributed by atoms with van der Waals surface area (Å²) in [6.07, 6.45) is 2.98. The summed E-state index contributed by atoms with van der Waals surface area (Å²) in [5.74, 6) is 0.00347. The number of aliphatic hydroxyl groups is 1. The minimum atomic E-state index is -0.311. The van der Waals surface area contributed by atoms with E-state index < -0.39 is 0 Å². The van der Waals surface area contributed by atoms with E-state index in [-0.39, 0.29) is 24.1 Å². The van der Waals surface area contributed by atoms with Crippen molar-refractivity contribution in [2.45, 2.75) is 30.8 Å². The Kier molecular flexibility index (Phi) is 1.63. The fourth-order valence-electron chi connectivity index (χ4n) is 1.98. The van der Waals surface area contributed by atoms with E-state index in [0.29, 0.717) is 6.54 Å². The Morgan fingerprint density at radius 3 is 2.58 bits per heavy atom. The number of likely N-dealkylation sites (tertiary alicyclic amines) is 1. The topological polar surface area (TPSA) is 66.6 Å². The Hall–Kier alpha value is -0.610. The van der Waals surface area contributed by atoms with Crippen molar-refractivity contribution in [1.82, 2.24) is 4.90 Å². The van der Waals surface area contributed by atoms with Crippen LogP contribution in [0.1, 0.15) is 19.3 Å². The van der Waals surface area contributed by atoms with Crippen LogP contribution in [0.5, 0.6) is 0 Å². The van der Waals surface area contributed by atoms with E-state index in [4.69, 9.17) is 10.8 Å². The third kappa shape index (κ3) is 0.820. The summed E-state index contributed by atoms with van der Waals surface area (Å²) in [5, 5.41) is 9.14. The molecule has 1 amide bonds. The van der Waals surface area contributed by atoms with Crippen LogP contribution in [0.2, 0.25) is 0 Å². The molecule has 0 radical (unpaired) electrons. The largest absolute Gasteiger partial charge is 0.394 e. The molecule has 68 valence electrons. The molecular weight excluding hydrogens is 156 g/mol. The van der Waals surface area contributed by atoms with E-state index >= 15 is 0 Å². The van der Waals surface area contributed by atoms with Crippen molar-refractivity contribution < 1.29 is 9.90 Å². The van der Waals surface area contributed by atoms with Crippen LogP contribution < -0.4 is 5.73 Å².